The van der Waals surface area contributed by atoms with Crippen molar-refractivity contribution in [3.63, 3.8) is 0 Å². The summed E-state index contributed by atoms with van der Waals surface area (Å²) in [6.07, 6.45) is 1.50. The molecule has 6 heteroatoms. The van der Waals surface area contributed by atoms with Crippen LogP contribution in [0.4, 0.5) is 0 Å². The molecule has 0 saturated carbocycles. The summed E-state index contributed by atoms with van der Waals surface area (Å²) >= 11 is 6.00. The van der Waals surface area contributed by atoms with Crippen molar-refractivity contribution >= 4 is 22.5 Å². The first-order valence-electron chi connectivity index (χ1n) is 7.62. The lowest BCUT2D eigenvalue weighted by Crippen LogP contribution is -2.12. The zero-order valence-electron chi connectivity index (χ0n) is 13.0. The van der Waals surface area contributed by atoms with E-state index in [2.05, 4.69) is 9.97 Å². The van der Waals surface area contributed by atoms with Gasteiger partial charge in [-0.1, -0.05) is 35.9 Å². The second kappa shape index (κ2) is 8.47. The van der Waals surface area contributed by atoms with Crippen molar-refractivity contribution in [2.24, 2.45) is 0 Å². The molecule has 5 nitrogen and oxygen atoms in total. The number of fused-ring (bicyclic) bond motifs is 1. The monoisotopic (exact) mass is 344 g/mol. The number of benzene rings is 2. The minimum atomic E-state index is 0.410. The molecule has 3 rings (SSSR count). The van der Waals surface area contributed by atoms with Gasteiger partial charge in [-0.15, -0.1) is 0 Å². The van der Waals surface area contributed by atoms with E-state index in [0.29, 0.717) is 43.1 Å². The summed E-state index contributed by atoms with van der Waals surface area (Å²) in [4.78, 5) is 8.36. The zero-order valence-corrected chi connectivity index (χ0v) is 13.8. The molecule has 0 atom stereocenters. The van der Waals surface area contributed by atoms with Crippen LogP contribution in [0, 0.1) is 0 Å². The Bertz CT molecular complexity index is 793. The molecule has 0 spiro atoms. The summed E-state index contributed by atoms with van der Waals surface area (Å²) in [5.41, 5.74) is 0.858. The summed E-state index contributed by atoms with van der Waals surface area (Å²) in [6, 6.07) is 15.1. The molecule has 24 heavy (non-hydrogen) atoms. The van der Waals surface area contributed by atoms with Crippen LogP contribution in [0.2, 0.25) is 5.02 Å². The van der Waals surface area contributed by atoms with Gasteiger partial charge >= 0.3 is 0 Å². The third kappa shape index (κ3) is 4.34. The lowest BCUT2D eigenvalue weighted by Gasteiger charge is -2.09. The van der Waals surface area contributed by atoms with E-state index >= 15 is 0 Å². The maximum absolute atomic E-state index is 6.00. The Kier molecular flexibility index (Phi) is 5.82. The molecule has 0 N–H and O–H groups in total. The third-order valence-electron chi connectivity index (χ3n) is 3.29. The van der Waals surface area contributed by atoms with Gasteiger partial charge in [-0.3, -0.25) is 0 Å². The molecule has 1 aromatic heterocycles. The average molecular weight is 345 g/mol. The highest BCUT2D eigenvalue weighted by Gasteiger charge is 2.04. The van der Waals surface area contributed by atoms with E-state index in [9.17, 15) is 0 Å². The van der Waals surface area contributed by atoms with Gasteiger partial charge in [0.15, 0.2) is 0 Å². The molecule has 124 valence electrons. The molecule has 0 amide bonds. The quantitative estimate of drug-likeness (QED) is 0.582. The molecular formula is C18H17ClN2O3. The van der Waals surface area contributed by atoms with Crippen molar-refractivity contribution in [1.29, 1.82) is 0 Å². The van der Waals surface area contributed by atoms with Crippen LogP contribution in [0.25, 0.3) is 10.9 Å². The summed E-state index contributed by atoms with van der Waals surface area (Å²) in [6.45, 7) is 1.75. The Morgan fingerprint density at radius 2 is 1.54 bits per heavy atom. The topological polar surface area (TPSA) is 53.5 Å². The Morgan fingerprint density at radius 3 is 2.42 bits per heavy atom. The number of ether oxygens (including phenoxy) is 3. The van der Waals surface area contributed by atoms with Crippen molar-refractivity contribution in [1.82, 2.24) is 9.97 Å². The number of para-hydroxylation sites is 2. The summed E-state index contributed by atoms with van der Waals surface area (Å²) < 4.78 is 16.7. The molecule has 0 unspecified atom stereocenters. The molecule has 0 bridgehead atoms. The van der Waals surface area contributed by atoms with Crippen molar-refractivity contribution in [2.45, 2.75) is 0 Å². The minimum Gasteiger partial charge on any atom is -0.490 e. The van der Waals surface area contributed by atoms with Gasteiger partial charge in [0.05, 0.1) is 29.1 Å². The first-order chi connectivity index (χ1) is 11.8. The van der Waals surface area contributed by atoms with E-state index < -0.39 is 0 Å². The van der Waals surface area contributed by atoms with Crippen LogP contribution < -0.4 is 9.47 Å². The third-order valence-corrected chi connectivity index (χ3v) is 3.61. The van der Waals surface area contributed by atoms with E-state index in [-0.39, 0.29) is 0 Å². The van der Waals surface area contributed by atoms with Crippen molar-refractivity contribution in [3.05, 3.63) is 59.9 Å². The number of nitrogens with zero attached hydrogens (tertiary/aromatic N) is 2. The zero-order chi connectivity index (χ0) is 16.6. The number of rotatable bonds is 8. The van der Waals surface area contributed by atoms with Gasteiger partial charge in [0.25, 0.3) is 0 Å². The molecular weight excluding hydrogens is 328 g/mol. The molecule has 3 aromatic rings. The van der Waals surface area contributed by atoms with Crippen LogP contribution in [-0.2, 0) is 4.74 Å². The molecule has 0 aliphatic rings. The van der Waals surface area contributed by atoms with Crippen molar-refractivity contribution in [2.75, 3.05) is 26.4 Å². The number of halogens is 1. The van der Waals surface area contributed by atoms with Crippen molar-refractivity contribution < 1.29 is 14.2 Å². The lowest BCUT2D eigenvalue weighted by atomic mass is 10.2. The van der Waals surface area contributed by atoms with Crippen LogP contribution in [0.5, 0.6) is 11.6 Å². The Morgan fingerprint density at radius 1 is 0.792 bits per heavy atom. The SMILES string of the molecule is Clc1ccccc1OCCOCCOc1ncnc2ccccc12. The molecule has 0 fully saturated rings. The standard InChI is InChI=1S/C18H17ClN2O3/c19-15-6-2-4-8-17(15)23-11-9-22-10-12-24-18-14-5-1-3-7-16(14)20-13-21-18/h1-8,13H,9-12H2. The maximum Gasteiger partial charge on any atom is 0.224 e. The molecule has 2 aromatic carbocycles. The highest BCUT2D eigenvalue weighted by atomic mass is 35.5. The first-order valence-corrected chi connectivity index (χ1v) is 8.00. The predicted molar refractivity (Wildman–Crippen MR) is 92.8 cm³/mol. The number of aromatic nitrogens is 2. The molecule has 0 aliphatic heterocycles. The summed E-state index contributed by atoms with van der Waals surface area (Å²) in [5, 5.41) is 1.48. The largest absolute Gasteiger partial charge is 0.490 e. The minimum absolute atomic E-state index is 0.410. The molecule has 1 heterocycles. The van der Waals surface area contributed by atoms with Crippen LogP contribution >= 0.6 is 11.6 Å². The van der Waals surface area contributed by atoms with Gasteiger partial charge in [-0.25, -0.2) is 9.97 Å². The normalized spacial score (nSPS) is 10.7. The van der Waals surface area contributed by atoms with Crippen LogP contribution in [-0.4, -0.2) is 36.4 Å². The highest BCUT2D eigenvalue weighted by Crippen LogP contribution is 2.23. The van der Waals surface area contributed by atoms with Gasteiger partial charge in [0.1, 0.15) is 25.3 Å². The fraction of sp³-hybridized carbons (Fsp3) is 0.222. The van der Waals surface area contributed by atoms with Crippen molar-refractivity contribution in [3.8, 4) is 11.6 Å². The van der Waals surface area contributed by atoms with E-state index in [0.717, 1.165) is 10.9 Å². The smallest absolute Gasteiger partial charge is 0.224 e. The molecule has 0 radical (unpaired) electrons. The Hall–Kier alpha value is -2.37. The van der Waals surface area contributed by atoms with Gasteiger partial charge in [0.2, 0.25) is 5.88 Å². The second-order valence-electron chi connectivity index (χ2n) is 4.94. The molecule has 0 saturated heterocycles. The average Bonchev–Trinajstić information content (AvgIpc) is 2.62. The number of hydrogen-bond acceptors (Lipinski definition) is 5. The lowest BCUT2D eigenvalue weighted by molar-refractivity contribution is 0.0757. The van der Waals surface area contributed by atoms with Crippen LogP contribution in [0.3, 0.4) is 0 Å². The fourth-order valence-electron chi connectivity index (χ4n) is 2.17. The predicted octanol–water partition coefficient (Wildman–Crippen LogP) is 3.76. The van der Waals surface area contributed by atoms with Gasteiger partial charge < -0.3 is 14.2 Å². The van der Waals surface area contributed by atoms with E-state index in [1.165, 1.54) is 6.33 Å². The Labute approximate surface area is 145 Å². The van der Waals surface area contributed by atoms with Crippen LogP contribution in [0.1, 0.15) is 0 Å². The fourth-order valence-corrected chi connectivity index (χ4v) is 2.36. The van der Waals surface area contributed by atoms with Gasteiger partial charge in [-0.05, 0) is 24.3 Å². The Balaban J connectivity index is 1.37. The highest BCUT2D eigenvalue weighted by molar-refractivity contribution is 6.32. The van der Waals surface area contributed by atoms with E-state index in [1.54, 1.807) is 6.07 Å². The van der Waals surface area contributed by atoms with Gasteiger partial charge in [-0.2, -0.15) is 0 Å². The second-order valence-corrected chi connectivity index (χ2v) is 5.34. The summed E-state index contributed by atoms with van der Waals surface area (Å²) in [5.74, 6) is 1.22. The number of hydrogen-bond donors (Lipinski definition) is 0. The van der Waals surface area contributed by atoms with Crippen LogP contribution in [0.15, 0.2) is 54.9 Å². The molecule has 0 aliphatic carbocycles. The van der Waals surface area contributed by atoms with Gasteiger partial charge in [0, 0.05) is 0 Å². The first kappa shape index (κ1) is 16.5. The van der Waals surface area contributed by atoms with E-state index in [4.69, 9.17) is 25.8 Å². The summed E-state index contributed by atoms with van der Waals surface area (Å²) in [7, 11) is 0. The van der Waals surface area contributed by atoms with E-state index in [1.807, 2.05) is 42.5 Å². The maximum atomic E-state index is 6.00.